The van der Waals surface area contributed by atoms with Crippen LogP contribution in [-0.4, -0.2) is 19.3 Å². The maximum atomic E-state index is 5.48. The molecule has 0 amide bonds. The molecule has 4 nitrogen and oxygen atoms in total. The molecule has 3 aromatic heterocycles. The van der Waals surface area contributed by atoms with Crippen molar-refractivity contribution in [1.82, 2.24) is 19.3 Å². The molecule has 0 aromatic carbocycles. The summed E-state index contributed by atoms with van der Waals surface area (Å²) in [5.41, 5.74) is 3.23. The largest absolute Gasteiger partial charge is 0.328 e. The van der Waals surface area contributed by atoms with Crippen LogP contribution in [-0.2, 0) is 26.4 Å². The number of aromatic nitrogens is 4. The summed E-state index contributed by atoms with van der Waals surface area (Å²) in [6.45, 7) is 5.11. The summed E-state index contributed by atoms with van der Waals surface area (Å²) in [6, 6.07) is 4.40. The van der Waals surface area contributed by atoms with Gasteiger partial charge in [-0.25, -0.2) is 0 Å². The summed E-state index contributed by atoms with van der Waals surface area (Å²) in [6.07, 6.45) is 2.00. The van der Waals surface area contributed by atoms with Crippen LogP contribution in [0, 0.1) is 4.77 Å². The third-order valence-corrected chi connectivity index (χ3v) is 5.07. The summed E-state index contributed by atoms with van der Waals surface area (Å²) < 4.78 is 4.84. The molecule has 0 saturated carbocycles. The van der Waals surface area contributed by atoms with Gasteiger partial charge in [0.25, 0.3) is 0 Å². The fraction of sp³-hybridized carbons (Fsp3) is 0.429. The van der Waals surface area contributed by atoms with Gasteiger partial charge in [-0.3, -0.25) is 9.25 Å². The van der Waals surface area contributed by atoms with Crippen LogP contribution in [0.15, 0.2) is 12.1 Å². The highest BCUT2D eigenvalue weighted by atomic mass is 32.1. The Morgan fingerprint density at radius 2 is 2.00 bits per heavy atom. The lowest BCUT2D eigenvalue weighted by molar-refractivity contribution is 0.713. The van der Waals surface area contributed by atoms with Crippen LogP contribution >= 0.6 is 23.6 Å². The van der Waals surface area contributed by atoms with E-state index in [0.29, 0.717) is 0 Å². The second kappa shape index (κ2) is 5.18. The molecule has 0 aliphatic carbocycles. The molecule has 0 saturated heterocycles. The minimum absolute atomic E-state index is 0.772. The number of hydrogen-bond donors (Lipinski definition) is 1. The monoisotopic (exact) mass is 306 g/mol. The molecule has 0 radical (unpaired) electrons. The number of thiophene rings is 1. The van der Waals surface area contributed by atoms with Gasteiger partial charge in [0.15, 0.2) is 10.4 Å². The van der Waals surface area contributed by atoms with Gasteiger partial charge in [-0.15, -0.1) is 11.3 Å². The molecule has 3 rings (SSSR count). The summed E-state index contributed by atoms with van der Waals surface area (Å²) in [5, 5.41) is 4.55. The Balaban J connectivity index is 2.09. The second-order valence-corrected chi connectivity index (χ2v) is 6.50. The third-order valence-electron chi connectivity index (χ3n) is 3.54. The minimum Gasteiger partial charge on any atom is -0.328 e. The molecule has 3 aromatic rings. The molecular weight excluding hydrogens is 288 g/mol. The van der Waals surface area contributed by atoms with Crippen LogP contribution in [0.4, 0.5) is 0 Å². The number of nitrogens with zero attached hydrogens (tertiary/aromatic N) is 3. The van der Waals surface area contributed by atoms with E-state index in [-0.39, 0.29) is 0 Å². The first-order chi connectivity index (χ1) is 9.63. The van der Waals surface area contributed by atoms with E-state index in [1.165, 1.54) is 9.75 Å². The first-order valence-corrected chi connectivity index (χ1v) is 8.08. The Hall–Kier alpha value is -1.40. The van der Waals surface area contributed by atoms with Crippen LogP contribution < -0.4 is 0 Å². The van der Waals surface area contributed by atoms with Crippen molar-refractivity contribution in [3.8, 4) is 0 Å². The van der Waals surface area contributed by atoms with Gasteiger partial charge < -0.3 is 4.98 Å². The first-order valence-electron chi connectivity index (χ1n) is 6.86. The van der Waals surface area contributed by atoms with Crippen molar-refractivity contribution in [2.75, 3.05) is 0 Å². The number of hydrogen-bond acceptors (Lipinski definition) is 3. The van der Waals surface area contributed by atoms with E-state index in [4.69, 9.17) is 12.2 Å². The summed E-state index contributed by atoms with van der Waals surface area (Å²) in [4.78, 5) is 6.05. The Morgan fingerprint density at radius 3 is 2.65 bits per heavy atom. The molecule has 106 valence electrons. The van der Waals surface area contributed by atoms with Gasteiger partial charge in [-0.2, -0.15) is 5.10 Å². The lowest BCUT2D eigenvalue weighted by Gasteiger charge is -2.02. The number of nitrogens with one attached hydrogen (secondary N) is 1. The Morgan fingerprint density at radius 1 is 1.25 bits per heavy atom. The molecule has 0 aliphatic rings. The van der Waals surface area contributed by atoms with Crippen molar-refractivity contribution in [2.24, 2.45) is 7.05 Å². The lowest BCUT2D eigenvalue weighted by Crippen LogP contribution is -2.03. The molecule has 1 N–H and O–H groups in total. The number of imidazole rings is 1. The molecular formula is C14H18N4S2. The zero-order chi connectivity index (χ0) is 14.3. The highest BCUT2D eigenvalue weighted by molar-refractivity contribution is 7.71. The maximum absolute atomic E-state index is 5.48. The molecule has 0 fully saturated rings. The highest BCUT2D eigenvalue weighted by Crippen LogP contribution is 2.22. The fourth-order valence-electron chi connectivity index (χ4n) is 2.52. The van der Waals surface area contributed by atoms with Crippen molar-refractivity contribution in [3.05, 3.63) is 32.4 Å². The van der Waals surface area contributed by atoms with Gasteiger partial charge in [0.1, 0.15) is 5.52 Å². The Bertz CT molecular complexity index is 803. The fourth-order valence-corrected chi connectivity index (χ4v) is 3.72. The molecule has 0 atom stereocenters. The van der Waals surface area contributed by atoms with Crippen LogP contribution in [0.5, 0.6) is 0 Å². The molecule has 3 heterocycles. The van der Waals surface area contributed by atoms with Crippen molar-refractivity contribution in [2.45, 2.75) is 33.2 Å². The molecule has 0 unspecified atom stereocenters. The van der Waals surface area contributed by atoms with E-state index in [1.807, 2.05) is 23.1 Å². The molecule has 20 heavy (non-hydrogen) atoms. The second-order valence-electron chi connectivity index (χ2n) is 4.86. The lowest BCUT2D eigenvalue weighted by atomic mass is 10.3. The normalized spacial score (nSPS) is 11.6. The van der Waals surface area contributed by atoms with Crippen molar-refractivity contribution in [1.29, 1.82) is 0 Å². The number of rotatable bonds is 4. The first kappa shape index (κ1) is 13.6. The number of aryl methyl sites for hydroxylation is 3. The molecule has 6 heteroatoms. The number of H-pyrrole nitrogens is 1. The van der Waals surface area contributed by atoms with Crippen molar-refractivity contribution < 1.29 is 0 Å². The van der Waals surface area contributed by atoms with E-state index in [9.17, 15) is 0 Å². The van der Waals surface area contributed by atoms with E-state index < -0.39 is 0 Å². The zero-order valence-electron chi connectivity index (χ0n) is 11.9. The maximum Gasteiger partial charge on any atom is 0.179 e. The van der Waals surface area contributed by atoms with Gasteiger partial charge in [-0.05, 0) is 37.2 Å². The minimum atomic E-state index is 0.772. The number of aromatic amines is 1. The van der Waals surface area contributed by atoms with Crippen LogP contribution in [0.3, 0.4) is 0 Å². The predicted molar refractivity (Wildman–Crippen MR) is 86.1 cm³/mol. The zero-order valence-corrected chi connectivity index (χ0v) is 13.6. The smallest absolute Gasteiger partial charge is 0.179 e. The van der Waals surface area contributed by atoms with Crippen molar-refractivity contribution >= 4 is 34.7 Å². The van der Waals surface area contributed by atoms with Crippen LogP contribution in [0.25, 0.3) is 11.2 Å². The average Bonchev–Trinajstić information content (AvgIpc) is 3.09. The van der Waals surface area contributed by atoms with Gasteiger partial charge in [0.05, 0.1) is 12.2 Å². The molecule has 0 spiro atoms. The van der Waals surface area contributed by atoms with Gasteiger partial charge in [0, 0.05) is 16.8 Å². The van der Waals surface area contributed by atoms with Gasteiger partial charge in [0.2, 0.25) is 0 Å². The predicted octanol–water partition coefficient (Wildman–Crippen LogP) is 3.67. The van der Waals surface area contributed by atoms with E-state index in [2.05, 4.69) is 40.6 Å². The van der Waals surface area contributed by atoms with E-state index in [0.717, 1.165) is 41.0 Å². The standard InChI is InChI=1S/C14H18N4S2/c1-4-9-6-7-10(20-9)8-18-13-12(15-14(18)19)11(5-2)16-17(13)3/h6-7H,4-5,8H2,1-3H3,(H,15,19). The summed E-state index contributed by atoms with van der Waals surface area (Å²) in [7, 11) is 1.98. The SMILES string of the molecule is CCc1ccc(Cn2c(=S)[nH]c3c(CC)nn(C)c32)s1. The quantitative estimate of drug-likeness (QED) is 0.747. The van der Waals surface area contributed by atoms with E-state index in [1.54, 1.807) is 0 Å². The highest BCUT2D eigenvalue weighted by Gasteiger charge is 2.14. The average molecular weight is 306 g/mol. The Kier molecular flexibility index (Phi) is 3.52. The summed E-state index contributed by atoms with van der Waals surface area (Å²) in [5.74, 6) is 0. The number of fused-ring (bicyclic) bond motifs is 1. The topological polar surface area (TPSA) is 38.5 Å². The summed E-state index contributed by atoms with van der Waals surface area (Å²) >= 11 is 7.34. The van der Waals surface area contributed by atoms with Crippen molar-refractivity contribution in [3.63, 3.8) is 0 Å². The van der Waals surface area contributed by atoms with Gasteiger partial charge in [-0.1, -0.05) is 13.8 Å². The molecule has 0 aliphatic heterocycles. The Labute approximate surface area is 127 Å². The van der Waals surface area contributed by atoms with Gasteiger partial charge >= 0.3 is 0 Å². The third kappa shape index (κ3) is 2.13. The van der Waals surface area contributed by atoms with Crippen LogP contribution in [0.2, 0.25) is 0 Å². The van der Waals surface area contributed by atoms with E-state index >= 15 is 0 Å². The molecule has 0 bridgehead atoms. The van der Waals surface area contributed by atoms with Crippen LogP contribution in [0.1, 0.15) is 29.3 Å².